The highest BCUT2D eigenvalue weighted by Gasteiger charge is 1.85. The van der Waals surface area contributed by atoms with Crippen molar-refractivity contribution in [2.24, 2.45) is 0 Å². The van der Waals surface area contributed by atoms with E-state index in [1.54, 1.807) is 0 Å². The van der Waals surface area contributed by atoms with Crippen molar-refractivity contribution in [3.8, 4) is 0 Å². The highest BCUT2D eigenvalue weighted by molar-refractivity contribution is 5.81. The lowest BCUT2D eigenvalue weighted by atomic mass is 10.1. The van der Waals surface area contributed by atoms with E-state index < -0.39 is 0 Å². The lowest BCUT2D eigenvalue weighted by molar-refractivity contribution is 1.50. The third-order valence-electron chi connectivity index (χ3n) is 1.66. The molecule has 12 heavy (non-hydrogen) atoms. The molecule has 0 fully saturated rings. The summed E-state index contributed by atoms with van der Waals surface area (Å²) in [4.78, 5) is 0. The van der Waals surface area contributed by atoms with Crippen molar-refractivity contribution in [3.05, 3.63) is 48.5 Å². The summed E-state index contributed by atoms with van der Waals surface area (Å²) in [6.07, 6.45) is 0. The van der Waals surface area contributed by atoms with Crippen molar-refractivity contribution < 1.29 is 0 Å². The van der Waals surface area contributed by atoms with E-state index >= 15 is 0 Å². The van der Waals surface area contributed by atoms with Crippen LogP contribution < -0.4 is 0 Å². The molecule has 0 unspecified atom stereocenters. The SMILES string of the molecule is CC.c1ccc2ccccc2c1. The van der Waals surface area contributed by atoms with Crippen LogP contribution in [0.1, 0.15) is 13.8 Å². The van der Waals surface area contributed by atoms with Crippen molar-refractivity contribution in [1.82, 2.24) is 0 Å². The van der Waals surface area contributed by atoms with Crippen molar-refractivity contribution in [2.75, 3.05) is 0 Å². The number of hydrogen-bond acceptors (Lipinski definition) is 0. The zero-order valence-corrected chi connectivity index (χ0v) is 7.62. The van der Waals surface area contributed by atoms with Crippen LogP contribution in [0.5, 0.6) is 0 Å². The second-order valence-corrected chi connectivity index (χ2v) is 2.35. The maximum atomic E-state index is 2.12. The first-order valence-electron chi connectivity index (χ1n) is 4.40. The molecular weight excluding hydrogens is 144 g/mol. The summed E-state index contributed by atoms with van der Waals surface area (Å²) >= 11 is 0. The van der Waals surface area contributed by atoms with Crippen LogP contribution in [0.2, 0.25) is 0 Å². The molecule has 0 atom stereocenters. The molecule has 2 rings (SSSR count). The molecule has 0 bridgehead atoms. The van der Waals surface area contributed by atoms with Crippen LogP contribution in [-0.2, 0) is 0 Å². The van der Waals surface area contributed by atoms with Gasteiger partial charge in [-0.15, -0.1) is 0 Å². The van der Waals surface area contributed by atoms with Crippen LogP contribution in [0.3, 0.4) is 0 Å². The van der Waals surface area contributed by atoms with E-state index in [0.29, 0.717) is 0 Å². The molecule has 0 aliphatic carbocycles. The Balaban J connectivity index is 0.000000336. The molecule has 2 aromatic carbocycles. The fourth-order valence-corrected chi connectivity index (χ4v) is 1.13. The molecule has 0 amide bonds. The van der Waals surface area contributed by atoms with Gasteiger partial charge in [0.1, 0.15) is 0 Å². The summed E-state index contributed by atoms with van der Waals surface area (Å²) in [6, 6.07) is 16.7. The first-order chi connectivity index (χ1) is 5.97. The van der Waals surface area contributed by atoms with Gasteiger partial charge in [0.25, 0.3) is 0 Å². The van der Waals surface area contributed by atoms with Gasteiger partial charge in [0, 0.05) is 0 Å². The summed E-state index contributed by atoms with van der Waals surface area (Å²) in [7, 11) is 0. The quantitative estimate of drug-likeness (QED) is 0.546. The lowest BCUT2D eigenvalue weighted by Gasteiger charge is -1.92. The minimum atomic E-state index is 1.31. The predicted molar refractivity (Wildman–Crippen MR) is 55.3 cm³/mol. The minimum Gasteiger partial charge on any atom is -0.0683 e. The minimum absolute atomic E-state index is 1.31. The van der Waals surface area contributed by atoms with E-state index in [9.17, 15) is 0 Å². The van der Waals surface area contributed by atoms with E-state index in [-0.39, 0.29) is 0 Å². The van der Waals surface area contributed by atoms with Gasteiger partial charge in [-0.2, -0.15) is 0 Å². The van der Waals surface area contributed by atoms with Gasteiger partial charge in [0.05, 0.1) is 0 Å². The monoisotopic (exact) mass is 158 g/mol. The van der Waals surface area contributed by atoms with Crippen LogP contribution in [0, 0.1) is 0 Å². The molecule has 0 N–H and O–H groups in total. The van der Waals surface area contributed by atoms with Crippen molar-refractivity contribution >= 4 is 10.8 Å². The highest BCUT2D eigenvalue weighted by atomic mass is 13.9. The summed E-state index contributed by atoms with van der Waals surface area (Å²) in [5, 5.41) is 2.62. The number of benzene rings is 2. The van der Waals surface area contributed by atoms with Crippen LogP contribution in [-0.4, -0.2) is 0 Å². The standard InChI is InChI=1S/C10H8.C2H6/c1-2-6-10-8-4-3-7-9(10)5-1;1-2/h1-8H;1-2H3. The first-order valence-corrected chi connectivity index (χ1v) is 4.40. The Bertz CT molecular complexity index is 271. The summed E-state index contributed by atoms with van der Waals surface area (Å²) in [5.74, 6) is 0. The van der Waals surface area contributed by atoms with Crippen LogP contribution in [0.15, 0.2) is 48.5 Å². The molecule has 2 aromatic rings. The van der Waals surface area contributed by atoms with Crippen LogP contribution >= 0.6 is 0 Å². The van der Waals surface area contributed by atoms with E-state index in [1.165, 1.54) is 10.8 Å². The van der Waals surface area contributed by atoms with E-state index in [2.05, 4.69) is 48.5 Å². The number of fused-ring (bicyclic) bond motifs is 1. The molecule has 0 heteroatoms. The molecule has 0 radical (unpaired) electrons. The first kappa shape index (κ1) is 8.79. The van der Waals surface area contributed by atoms with Crippen LogP contribution in [0.25, 0.3) is 10.8 Å². The Morgan fingerprint density at radius 1 is 0.583 bits per heavy atom. The number of rotatable bonds is 0. The van der Waals surface area contributed by atoms with Crippen LogP contribution in [0.4, 0.5) is 0 Å². The Morgan fingerprint density at radius 2 is 0.833 bits per heavy atom. The van der Waals surface area contributed by atoms with Gasteiger partial charge in [-0.25, -0.2) is 0 Å². The number of hydrogen-bond donors (Lipinski definition) is 0. The molecule has 0 aliphatic heterocycles. The van der Waals surface area contributed by atoms with E-state index in [4.69, 9.17) is 0 Å². The Morgan fingerprint density at radius 3 is 1.08 bits per heavy atom. The third-order valence-corrected chi connectivity index (χ3v) is 1.66. The molecule has 0 spiro atoms. The maximum absolute atomic E-state index is 2.12. The third kappa shape index (κ3) is 1.85. The average molecular weight is 158 g/mol. The summed E-state index contributed by atoms with van der Waals surface area (Å²) in [6.45, 7) is 4.00. The molecule has 0 saturated carbocycles. The molecule has 62 valence electrons. The summed E-state index contributed by atoms with van der Waals surface area (Å²) < 4.78 is 0. The Labute approximate surface area is 73.8 Å². The van der Waals surface area contributed by atoms with Crippen molar-refractivity contribution in [2.45, 2.75) is 13.8 Å². The van der Waals surface area contributed by atoms with Gasteiger partial charge in [0.2, 0.25) is 0 Å². The topological polar surface area (TPSA) is 0 Å². The average Bonchev–Trinajstić information content (AvgIpc) is 2.21. The fourth-order valence-electron chi connectivity index (χ4n) is 1.13. The zero-order valence-electron chi connectivity index (χ0n) is 7.62. The normalized spacial score (nSPS) is 8.83. The van der Waals surface area contributed by atoms with Gasteiger partial charge in [-0.3, -0.25) is 0 Å². The fraction of sp³-hybridized carbons (Fsp3) is 0.167. The molecule has 0 aromatic heterocycles. The van der Waals surface area contributed by atoms with Gasteiger partial charge < -0.3 is 0 Å². The molecule has 0 saturated heterocycles. The zero-order chi connectivity index (χ0) is 8.81. The smallest absolute Gasteiger partial charge is 0.0184 e. The Kier molecular flexibility index (Phi) is 3.34. The summed E-state index contributed by atoms with van der Waals surface area (Å²) in [5.41, 5.74) is 0. The molecule has 0 aliphatic rings. The highest BCUT2D eigenvalue weighted by Crippen LogP contribution is 2.11. The molecule has 0 heterocycles. The van der Waals surface area contributed by atoms with Gasteiger partial charge >= 0.3 is 0 Å². The van der Waals surface area contributed by atoms with Gasteiger partial charge in [-0.1, -0.05) is 62.4 Å². The van der Waals surface area contributed by atoms with E-state index in [1.807, 2.05) is 13.8 Å². The Hall–Kier alpha value is -1.30. The van der Waals surface area contributed by atoms with Gasteiger partial charge in [-0.05, 0) is 10.8 Å². The second-order valence-electron chi connectivity index (χ2n) is 2.35. The maximum Gasteiger partial charge on any atom is -0.0184 e. The van der Waals surface area contributed by atoms with E-state index in [0.717, 1.165) is 0 Å². The van der Waals surface area contributed by atoms with Crippen molar-refractivity contribution in [3.63, 3.8) is 0 Å². The largest absolute Gasteiger partial charge is 0.0683 e. The molecule has 0 nitrogen and oxygen atoms in total. The van der Waals surface area contributed by atoms with Crippen molar-refractivity contribution in [1.29, 1.82) is 0 Å². The predicted octanol–water partition coefficient (Wildman–Crippen LogP) is 3.87. The lowest BCUT2D eigenvalue weighted by Crippen LogP contribution is -1.67. The molecular formula is C12H14. The second kappa shape index (κ2) is 4.55. The van der Waals surface area contributed by atoms with Gasteiger partial charge in [0.15, 0.2) is 0 Å².